The molecule has 7 heteroatoms. The van der Waals surface area contributed by atoms with E-state index in [1.54, 1.807) is 34.1 Å². The SMILES string of the molecule is CC(=O)N1c2ccc(-c3ccc(S(C)(=O)=O)cc3)cc2N(C=O)CC1C. The average Bonchev–Trinajstić information content (AvgIpc) is 2.59. The number of nitrogens with zero attached hydrogens (tertiary/aromatic N) is 2. The van der Waals surface area contributed by atoms with E-state index >= 15 is 0 Å². The van der Waals surface area contributed by atoms with E-state index in [0.717, 1.165) is 17.5 Å². The maximum atomic E-state index is 12.0. The summed E-state index contributed by atoms with van der Waals surface area (Å²) in [4.78, 5) is 27.1. The Kier molecular flexibility index (Phi) is 4.58. The molecule has 0 N–H and O–H groups in total. The predicted molar refractivity (Wildman–Crippen MR) is 101 cm³/mol. The molecule has 0 radical (unpaired) electrons. The number of benzene rings is 2. The highest BCUT2D eigenvalue weighted by molar-refractivity contribution is 7.90. The molecule has 0 aliphatic carbocycles. The van der Waals surface area contributed by atoms with Gasteiger partial charge in [-0.3, -0.25) is 9.59 Å². The van der Waals surface area contributed by atoms with Gasteiger partial charge in [-0.15, -0.1) is 0 Å². The van der Waals surface area contributed by atoms with Gasteiger partial charge in [0.25, 0.3) is 0 Å². The molecular formula is C19H20N2O4S. The van der Waals surface area contributed by atoms with Gasteiger partial charge in [0.05, 0.1) is 22.3 Å². The fraction of sp³-hybridized carbons (Fsp3) is 0.263. The summed E-state index contributed by atoms with van der Waals surface area (Å²) < 4.78 is 23.2. The van der Waals surface area contributed by atoms with E-state index in [4.69, 9.17) is 0 Å². The molecule has 1 atom stereocenters. The Bertz CT molecular complexity index is 968. The van der Waals surface area contributed by atoms with Gasteiger partial charge in [0.1, 0.15) is 0 Å². The lowest BCUT2D eigenvalue weighted by molar-refractivity contribution is -0.117. The van der Waals surface area contributed by atoms with Crippen molar-refractivity contribution in [3.8, 4) is 11.1 Å². The average molecular weight is 372 g/mol. The summed E-state index contributed by atoms with van der Waals surface area (Å²) in [7, 11) is -3.25. The molecule has 0 saturated carbocycles. The minimum absolute atomic E-state index is 0.0745. The third-order valence-electron chi connectivity index (χ3n) is 4.53. The van der Waals surface area contributed by atoms with Crippen molar-refractivity contribution in [3.05, 3.63) is 42.5 Å². The number of anilines is 2. The van der Waals surface area contributed by atoms with Crippen LogP contribution in [-0.4, -0.2) is 39.6 Å². The van der Waals surface area contributed by atoms with Crippen LogP contribution in [0.4, 0.5) is 11.4 Å². The molecule has 2 aromatic carbocycles. The highest BCUT2D eigenvalue weighted by Gasteiger charge is 2.30. The third-order valence-corrected chi connectivity index (χ3v) is 5.66. The number of rotatable bonds is 3. The number of amides is 2. The van der Waals surface area contributed by atoms with Crippen molar-refractivity contribution in [2.24, 2.45) is 0 Å². The first-order valence-electron chi connectivity index (χ1n) is 8.18. The first kappa shape index (κ1) is 18.1. The van der Waals surface area contributed by atoms with Crippen LogP contribution in [0.2, 0.25) is 0 Å². The number of hydrogen-bond acceptors (Lipinski definition) is 4. The molecule has 3 rings (SSSR count). The number of fused-ring (bicyclic) bond motifs is 1. The van der Waals surface area contributed by atoms with Crippen LogP contribution in [0.15, 0.2) is 47.4 Å². The van der Waals surface area contributed by atoms with E-state index in [-0.39, 0.29) is 16.8 Å². The van der Waals surface area contributed by atoms with E-state index in [1.165, 1.54) is 13.2 Å². The van der Waals surface area contributed by atoms with E-state index < -0.39 is 9.84 Å². The minimum Gasteiger partial charge on any atom is -0.311 e. The van der Waals surface area contributed by atoms with Gasteiger partial charge in [0.15, 0.2) is 9.84 Å². The molecule has 136 valence electrons. The molecular weight excluding hydrogens is 352 g/mol. The van der Waals surface area contributed by atoms with Crippen molar-refractivity contribution in [1.82, 2.24) is 0 Å². The Morgan fingerprint density at radius 2 is 1.69 bits per heavy atom. The topological polar surface area (TPSA) is 74.8 Å². The number of sulfone groups is 1. The highest BCUT2D eigenvalue weighted by atomic mass is 32.2. The van der Waals surface area contributed by atoms with E-state index in [0.29, 0.717) is 17.9 Å². The van der Waals surface area contributed by atoms with Crippen molar-refractivity contribution in [1.29, 1.82) is 0 Å². The van der Waals surface area contributed by atoms with E-state index in [1.807, 2.05) is 25.1 Å². The fourth-order valence-corrected chi connectivity index (χ4v) is 3.94. The molecule has 26 heavy (non-hydrogen) atoms. The van der Waals surface area contributed by atoms with E-state index in [2.05, 4.69) is 0 Å². The van der Waals surface area contributed by atoms with Crippen LogP contribution < -0.4 is 9.80 Å². The predicted octanol–water partition coefficient (Wildman–Crippen LogP) is 2.47. The van der Waals surface area contributed by atoms with Crippen LogP contribution >= 0.6 is 0 Å². The van der Waals surface area contributed by atoms with Crippen LogP contribution in [0.1, 0.15) is 13.8 Å². The quantitative estimate of drug-likeness (QED) is 0.776. The van der Waals surface area contributed by atoms with Gasteiger partial charge in [0, 0.05) is 19.7 Å². The highest BCUT2D eigenvalue weighted by Crippen LogP contribution is 2.38. The lowest BCUT2D eigenvalue weighted by Crippen LogP contribution is -2.49. The molecule has 2 aromatic rings. The van der Waals surface area contributed by atoms with Crippen molar-refractivity contribution in [2.75, 3.05) is 22.6 Å². The molecule has 2 amide bonds. The smallest absolute Gasteiger partial charge is 0.224 e. The Balaban J connectivity index is 2.07. The van der Waals surface area contributed by atoms with Crippen LogP contribution in [0, 0.1) is 0 Å². The maximum Gasteiger partial charge on any atom is 0.224 e. The molecule has 0 bridgehead atoms. The van der Waals surface area contributed by atoms with Crippen LogP contribution in [0.5, 0.6) is 0 Å². The standard InChI is InChI=1S/C19H20N2O4S/c1-13-11-20(12-22)19-10-16(6-9-18(19)21(13)14(2)23)15-4-7-17(8-5-15)26(3,24)25/h4-10,12-13H,11H2,1-3H3. The largest absolute Gasteiger partial charge is 0.311 e. The Morgan fingerprint density at radius 3 is 2.23 bits per heavy atom. The summed E-state index contributed by atoms with van der Waals surface area (Å²) >= 11 is 0. The van der Waals surface area contributed by atoms with Gasteiger partial charge < -0.3 is 9.80 Å². The molecule has 6 nitrogen and oxygen atoms in total. The second-order valence-corrected chi connectivity index (χ2v) is 8.51. The third kappa shape index (κ3) is 3.22. The lowest BCUT2D eigenvalue weighted by atomic mass is 10.0. The number of hydrogen-bond donors (Lipinski definition) is 0. The zero-order valence-corrected chi connectivity index (χ0v) is 15.7. The second kappa shape index (κ2) is 6.57. The fourth-order valence-electron chi connectivity index (χ4n) is 3.31. The molecule has 1 aliphatic heterocycles. The van der Waals surface area contributed by atoms with Gasteiger partial charge in [-0.05, 0) is 42.3 Å². The summed E-state index contributed by atoms with van der Waals surface area (Å²) in [6.07, 6.45) is 1.93. The van der Waals surface area contributed by atoms with Crippen molar-refractivity contribution in [2.45, 2.75) is 24.8 Å². The molecule has 0 fully saturated rings. The van der Waals surface area contributed by atoms with Crippen LogP contribution in [0.25, 0.3) is 11.1 Å². The molecule has 0 aromatic heterocycles. The molecule has 0 saturated heterocycles. The summed E-state index contributed by atoms with van der Waals surface area (Å²) in [6, 6.07) is 12.0. The number of carbonyl (C=O) groups is 2. The first-order valence-corrected chi connectivity index (χ1v) is 10.1. The summed E-state index contributed by atoms with van der Waals surface area (Å²) in [5.41, 5.74) is 3.03. The Labute approximate surface area is 153 Å². The zero-order valence-electron chi connectivity index (χ0n) is 14.8. The summed E-state index contributed by atoms with van der Waals surface area (Å²) in [5.74, 6) is -0.0745. The number of carbonyl (C=O) groups excluding carboxylic acids is 2. The molecule has 1 unspecified atom stereocenters. The maximum absolute atomic E-state index is 12.0. The van der Waals surface area contributed by atoms with Gasteiger partial charge in [-0.1, -0.05) is 18.2 Å². The Morgan fingerprint density at radius 1 is 1.08 bits per heavy atom. The van der Waals surface area contributed by atoms with Crippen LogP contribution in [0.3, 0.4) is 0 Å². The van der Waals surface area contributed by atoms with Crippen molar-refractivity contribution in [3.63, 3.8) is 0 Å². The van der Waals surface area contributed by atoms with Gasteiger partial charge in [0.2, 0.25) is 12.3 Å². The van der Waals surface area contributed by atoms with Crippen LogP contribution in [-0.2, 0) is 19.4 Å². The summed E-state index contributed by atoms with van der Waals surface area (Å²) in [5, 5.41) is 0. The molecule has 0 spiro atoms. The molecule has 1 heterocycles. The Hall–Kier alpha value is -2.67. The van der Waals surface area contributed by atoms with Gasteiger partial charge >= 0.3 is 0 Å². The zero-order chi connectivity index (χ0) is 19.1. The minimum atomic E-state index is -3.25. The van der Waals surface area contributed by atoms with Crippen molar-refractivity contribution < 1.29 is 18.0 Å². The van der Waals surface area contributed by atoms with Crippen molar-refractivity contribution >= 4 is 33.5 Å². The lowest BCUT2D eigenvalue weighted by Gasteiger charge is -2.39. The van der Waals surface area contributed by atoms with E-state index in [9.17, 15) is 18.0 Å². The monoisotopic (exact) mass is 372 g/mol. The van der Waals surface area contributed by atoms with Gasteiger partial charge in [-0.25, -0.2) is 8.42 Å². The normalized spacial score (nSPS) is 17.0. The van der Waals surface area contributed by atoms with Gasteiger partial charge in [-0.2, -0.15) is 0 Å². The summed E-state index contributed by atoms with van der Waals surface area (Å²) in [6.45, 7) is 3.83. The first-order chi connectivity index (χ1) is 12.2. The molecule has 1 aliphatic rings. The second-order valence-electron chi connectivity index (χ2n) is 6.50.